The van der Waals surface area contributed by atoms with Crippen LogP contribution in [0.25, 0.3) is 5.69 Å². The van der Waals surface area contributed by atoms with Gasteiger partial charge in [-0.3, -0.25) is 4.79 Å². The molecule has 0 saturated heterocycles. The van der Waals surface area contributed by atoms with E-state index in [1.54, 1.807) is 24.1 Å². The molecular formula is C25H23N3O3. The lowest BCUT2D eigenvalue weighted by Gasteiger charge is -2.09. The highest BCUT2D eigenvalue weighted by Gasteiger charge is 2.10. The smallest absolute Gasteiger partial charge is 0.272 e. The average Bonchev–Trinajstić information content (AvgIpc) is 3.33. The number of aromatic nitrogens is 2. The molecule has 156 valence electrons. The number of amides is 1. The number of rotatable bonds is 8. The van der Waals surface area contributed by atoms with Gasteiger partial charge in [0.2, 0.25) is 0 Å². The van der Waals surface area contributed by atoms with Gasteiger partial charge in [0.05, 0.1) is 12.8 Å². The number of nitrogens with one attached hydrogen (secondary N) is 1. The van der Waals surface area contributed by atoms with E-state index in [0.717, 1.165) is 28.3 Å². The number of carbonyl (C=O) groups excluding carboxylic acids is 1. The van der Waals surface area contributed by atoms with Crippen molar-refractivity contribution in [3.05, 3.63) is 108 Å². The highest BCUT2D eigenvalue weighted by Crippen LogP contribution is 2.16. The first kappa shape index (κ1) is 20.2. The molecule has 3 aromatic carbocycles. The van der Waals surface area contributed by atoms with Gasteiger partial charge in [0.1, 0.15) is 18.1 Å². The molecular weight excluding hydrogens is 390 g/mol. The number of hydrogen-bond donors (Lipinski definition) is 1. The molecule has 6 heteroatoms. The molecule has 0 unspecified atom stereocenters. The van der Waals surface area contributed by atoms with Gasteiger partial charge in [-0.25, -0.2) is 4.68 Å². The molecule has 1 aromatic heterocycles. The van der Waals surface area contributed by atoms with Crippen LogP contribution < -0.4 is 14.8 Å². The first-order valence-corrected chi connectivity index (χ1v) is 9.95. The molecule has 0 radical (unpaired) electrons. The molecule has 1 amide bonds. The Morgan fingerprint density at radius 3 is 2.45 bits per heavy atom. The molecule has 0 fully saturated rings. The van der Waals surface area contributed by atoms with Crippen LogP contribution in [0.5, 0.6) is 11.5 Å². The Hall–Kier alpha value is -4.06. The van der Waals surface area contributed by atoms with E-state index in [-0.39, 0.29) is 5.91 Å². The average molecular weight is 413 g/mol. The minimum atomic E-state index is -0.233. The number of hydrogen-bond acceptors (Lipinski definition) is 4. The van der Waals surface area contributed by atoms with E-state index in [0.29, 0.717) is 18.8 Å². The second-order valence-corrected chi connectivity index (χ2v) is 6.95. The van der Waals surface area contributed by atoms with E-state index in [1.165, 1.54) is 0 Å². The quantitative estimate of drug-likeness (QED) is 0.465. The Morgan fingerprint density at radius 1 is 0.903 bits per heavy atom. The molecule has 31 heavy (non-hydrogen) atoms. The van der Waals surface area contributed by atoms with Crippen LogP contribution in [0.3, 0.4) is 0 Å². The van der Waals surface area contributed by atoms with Crippen LogP contribution in [-0.2, 0) is 13.2 Å². The molecule has 6 nitrogen and oxygen atoms in total. The zero-order chi connectivity index (χ0) is 21.5. The molecule has 4 aromatic rings. The van der Waals surface area contributed by atoms with Gasteiger partial charge in [-0.1, -0.05) is 42.5 Å². The molecule has 0 spiro atoms. The van der Waals surface area contributed by atoms with Gasteiger partial charge in [0.25, 0.3) is 5.91 Å². The fourth-order valence-corrected chi connectivity index (χ4v) is 3.08. The summed E-state index contributed by atoms with van der Waals surface area (Å²) in [5.74, 6) is 1.30. The van der Waals surface area contributed by atoms with Crippen molar-refractivity contribution in [2.45, 2.75) is 13.2 Å². The summed E-state index contributed by atoms with van der Waals surface area (Å²) < 4.78 is 12.7. The van der Waals surface area contributed by atoms with Crippen molar-refractivity contribution >= 4 is 5.91 Å². The number of benzene rings is 3. The van der Waals surface area contributed by atoms with Crippen LogP contribution in [0.15, 0.2) is 91.1 Å². The third kappa shape index (κ3) is 5.30. The van der Waals surface area contributed by atoms with Crippen molar-refractivity contribution in [1.82, 2.24) is 15.1 Å². The fourth-order valence-electron chi connectivity index (χ4n) is 3.08. The summed E-state index contributed by atoms with van der Waals surface area (Å²) in [6, 6.07) is 26.9. The number of carbonyl (C=O) groups is 1. The summed E-state index contributed by atoms with van der Waals surface area (Å²) in [5.41, 5.74) is 3.26. The minimum absolute atomic E-state index is 0.233. The highest BCUT2D eigenvalue weighted by molar-refractivity contribution is 5.92. The Kier molecular flexibility index (Phi) is 6.28. The van der Waals surface area contributed by atoms with Gasteiger partial charge in [-0.05, 0) is 53.6 Å². The maximum atomic E-state index is 12.5. The van der Waals surface area contributed by atoms with Crippen molar-refractivity contribution in [2.24, 2.45) is 0 Å². The summed E-state index contributed by atoms with van der Waals surface area (Å²) in [4.78, 5) is 12.5. The summed E-state index contributed by atoms with van der Waals surface area (Å²) >= 11 is 0. The van der Waals surface area contributed by atoms with Crippen LogP contribution >= 0.6 is 0 Å². The van der Waals surface area contributed by atoms with E-state index in [4.69, 9.17) is 9.47 Å². The molecule has 0 saturated carbocycles. The SMILES string of the molecule is COc1ccc(-n2ccc(C(=O)NCc3cccc(OCc4ccccc4)c3)n2)cc1. The second-order valence-electron chi connectivity index (χ2n) is 6.95. The lowest BCUT2D eigenvalue weighted by molar-refractivity contribution is 0.0945. The first-order chi connectivity index (χ1) is 15.2. The van der Waals surface area contributed by atoms with Crippen molar-refractivity contribution in [3.63, 3.8) is 0 Å². The van der Waals surface area contributed by atoms with Crippen molar-refractivity contribution in [3.8, 4) is 17.2 Å². The van der Waals surface area contributed by atoms with Crippen LogP contribution in [0, 0.1) is 0 Å². The molecule has 0 bridgehead atoms. The van der Waals surface area contributed by atoms with Gasteiger partial charge >= 0.3 is 0 Å². The summed E-state index contributed by atoms with van der Waals surface area (Å²) in [5, 5.41) is 7.28. The van der Waals surface area contributed by atoms with Gasteiger partial charge in [0.15, 0.2) is 5.69 Å². The molecule has 0 aliphatic rings. The van der Waals surface area contributed by atoms with E-state index in [2.05, 4.69) is 10.4 Å². The standard InChI is InChI=1S/C25H23N3O3/c1-30-22-12-10-21(11-13-22)28-15-14-24(27-28)25(29)26-17-20-8-5-9-23(16-20)31-18-19-6-3-2-4-7-19/h2-16H,17-18H2,1H3,(H,26,29). The summed E-state index contributed by atoms with van der Waals surface area (Å²) in [7, 11) is 1.62. The molecule has 0 aliphatic carbocycles. The Labute approximate surface area is 181 Å². The largest absolute Gasteiger partial charge is 0.497 e. The van der Waals surface area contributed by atoms with Crippen molar-refractivity contribution in [2.75, 3.05) is 7.11 Å². The maximum Gasteiger partial charge on any atom is 0.272 e. The first-order valence-electron chi connectivity index (χ1n) is 9.95. The fraction of sp³-hybridized carbons (Fsp3) is 0.120. The number of nitrogens with zero attached hydrogens (tertiary/aromatic N) is 2. The topological polar surface area (TPSA) is 65.4 Å². The molecule has 1 N–H and O–H groups in total. The van der Waals surface area contributed by atoms with Gasteiger partial charge in [-0.2, -0.15) is 5.10 Å². The van der Waals surface area contributed by atoms with Gasteiger partial charge < -0.3 is 14.8 Å². The van der Waals surface area contributed by atoms with Crippen LogP contribution in [0.4, 0.5) is 0 Å². The van der Waals surface area contributed by atoms with E-state index >= 15 is 0 Å². The number of methoxy groups -OCH3 is 1. The van der Waals surface area contributed by atoms with Gasteiger partial charge in [-0.15, -0.1) is 0 Å². The van der Waals surface area contributed by atoms with E-state index in [1.807, 2.05) is 78.9 Å². The maximum absolute atomic E-state index is 12.5. The third-order valence-corrected chi connectivity index (χ3v) is 4.76. The van der Waals surface area contributed by atoms with Crippen LogP contribution in [-0.4, -0.2) is 22.8 Å². The number of ether oxygens (including phenoxy) is 2. The normalized spacial score (nSPS) is 10.5. The molecule has 0 atom stereocenters. The van der Waals surface area contributed by atoms with E-state index < -0.39 is 0 Å². The van der Waals surface area contributed by atoms with Crippen LogP contribution in [0.1, 0.15) is 21.6 Å². The Morgan fingerprint density at radius 2 is 1.68 bits per heavy atom. The third-order valence-electron chi connectivity index (χ3n) is 4.76. The summed E-state index contributed by atoms with van der Waals surface area (Å²) in [6.45, 7) is 0.885. The van der Waals surface area contributed by atoms with E-state index in [9.17, 15) is 4.79 Å². The molecule has 1 heterocycles. The second kappa shape index (κ2) is 9.63. The zero-order valence-electron chi connectivity index (χ0n) is 17.2. The van der Waals surface area contributed by atoms with Crippen molar-refractivity contribution < 1.29 is 14.3 Å². The van der Waals surface area contributed by atoms with Gasteiger partial charge in [0, 0.05) is 12.7 Å². The lowest BCUT2D eigenvalue weighted by atomic mass is 10.2. The minimum Gasteiger partial charge on any atom is -0.497 e. The predicted molar refractivity (Wildman–Crippen MR) is 119 cm³/mol. The molecule has 4 rings (SSSR count). The highest BCUT2D eigenvalue weighted by atomic mass is 16.5. The van der Waals surface area contributed by atoms with Crippen LogP contribution in [0.2, 0.25) is 0 Å². The zero-order valence-corrected chi connectivity index (χ0v) is 17.2. The Balaban J connectivity index is 1.34. The Bertz CT molecular complexity index is 1140. The molecule has 0 aliphatic heterocycles. The lowest BCUT2D eigenvalue weighted by Crippen LogP contribution is -2.23. The summed E-state index contributed by atoms with van der Waals surface area (Å²) in [6.07, 6.45) is 1.76. The predicted octanol–water partition coefficient (Wildman–Crippen LogP) is 4.39. The van der Waals surface area contributed by atoms with Crippen molar-refractivity contribution in [1.29, 1.82) is 0 Å². The monoisotopic (exact) mass is 413 g/mol.